The Morgan fingerprint density at radius 2 is 1.95 bits per heavy atom. The summed E-state index contributed by atoms with van der Waals surface area (Å²) in [5.41, 5.74) is 2.16. The average Bonchev–Trinajstić information content (AvgIpc) is 2.43. The second-order valence-corrected chi connectivity index (χ2v) is 5.96. The van der Waals surface area contributed by atoms with Crippen LogP contribution in [0.5, 0.6) is 0 Å². The monoisotopic (exact) mass is 275 g/mol. The molecule has 0 fully saturated rings. The summed E-state index contributed by atoms with van der Waals surface area (Å²) in [6.07, 6.45) is 5.14. The topological polar surface area (TPSA) is 49.3 Å². The maximum absolute atomic E-state index is 11.6. The number of aliphatic hydroxyl groups excluding tert-OH is 1. The Kier molecular flexibility index (Phi) is 6.46. The van der Waals surface area contributed by atoms with Crippen LogP contribution < -0.4 is 5.32 Å². The zero-order valence-corrected chi connectivity index (χ0v) is 12.6. The van der Waals surface area contributed by atoms with Gasteiger partial charge < -0.3 is 10.4 Å². The van der Waals surface area contributed by atoms with Crippen LogP contribution in [0, 0.1) is 12.3 Å². The van der Waals surface area contributed by atoms with Crippen LogP contribution in [0.3, 0.4) is 0 Å². The van der Waals surface area contributed by atoms with Gasteiger partial charge in [0.05, 0.1) is 0 Å². The van der Waals surface area contributed by atoms with Crippen LogP contribution in [0.4, 0.5) is 0 Å². The van der Waals surface area contributed by atoms with Crippen LogP contribution >= 0.6 is 0 Å². The van der Waals surface area contributed by atoms with Gasteiger partial charge in [0.15, 0.2) is 0 Å². The molecule has 0 heterocycles. The number of nitrogens with one attached hydrogen (secondary N) is 1. The summed E-state index contributed by atoms with van der Waals surface area (Å²) in [5.74, 6) is -0.0765. The summed E-state index contributed by atoms with van der Waals surface area (Å²) in [5, 5.41) is 12.0. The summed E-state index contributed by atoms with van der Waals surface area (Å²) in [6.45, 7) is 6.89. The van der Waals surface area contributed by atoms with Crippen molar-refractivity contribution in [3.05, 3.63) is 41.5 Å². The number of rotatable bonds is 7. The first-order chi connectivity index (χ1) is 9.43. The van der Waals surface area contributed by atoms with Crippen LogP contribution in [0.1, 0.15) is 37.8 Å². The van der Waals surface area contributed by atoms with Crippen molar-refractivity contribution in [2.24, 2.45) is 5.41 Å². The second kappa shape index (κ2) is 7.85. The normalized spacial score (nSPS) is 11.8. The Morgan fingerprint density at radius 3 is 2.55 bits per heavy atom. The largest absolute Gasteiger partial charge is 0.396 e. The van der Waals surface area contributed by atoms with E-state index in [4.69, 9.17) is 5.11 Å². The molecule has 1 aromatic rings. The molecule has 1 amide bonds. The van der Waals surface area contributed by atoms with Crippen molar-refractivity contribution in [3.63, 3.8) is 0 Å². The lowest BCUT2D eigenvalue weighted by Crippen LogP contribution is -2.24. The Balaban J connectivity index is 2.28. The lowest BCUT2D eigenvalue weighted by atomic mass is 9.89. The van der Waals surface area contributed by atoms with Crippen molar-refractivity contribution in [1.82, 2.24) is 5.32 Å². The molecule has 0 aliphatic rings. The molecule has 0 saturated heterocycles. The van der Waals surface area contributed by atoms with Gasteiger partial charge >= 0.3 is 0 Å². The van der Waals surface area contributed by atoms with E-state index in [2.05, 4.69) is 5.32 Å². The highest BCUT2D eigenvalue weighted by molar-refractivity contribution is 5.91. The van der Waals surface area contributed by atoms with Gasteiger partial charge in [-0.1, -0.05) is 43.7 Å². The van der Waals surface area contributed by atoms with Gasteiger partial charge in [0.2, 0.25) is 5.91 Å². The molecule has 0 aliphatic heterocycles. The zero-order chi connectivity index (χ0) is 15.0. The molecule has 0 spiro atoms. The van der Waals surface area contributed by atoms with Gasteiger partial charge in [0.25, 0.3) is 0 Å². The van der Waals surface area contributed by atoms with Gasteiger partial charge in [0, 0.05) is 19.2 Å². The Bertz CT molecular complexity index is 447. The van der Waals surface area contributed by atoms with E-state index in [0.717, 1.165) is 18.4 Å². The number of hydrogen-bond donors (Lipinski definition) is 2. The SMILES string of the molecule is Cc1ccc(/C=C/C(=O)NCCCC(C)(C)CO)cc1. The number of benzene rings is 1. The predicted molar refractivity (Wildman–Crippen MR) is 83.3 cm³/mol. The molecule has 20 heavy (non-hydrogen) atoms. The molecule has 1 aromatic carbocycles. The molecule has 0 radical (unpaired) electrons. The number of aliphatic hydroxyl groups is 1. The van der Waals surface area contributed by atoms with Gasteiger partial charge in [-0.05, 0) is 36.8 Å². The molecule has 3 nitrogen and oxygen atoms in total. The van der Waals surface area contributed by atoms with Gasteiger partial charge in [-0.15, -0.1) is 0 Å². The van der Waals surface area contributed by atoms with Crippen LogP contribution in [0.2, 0.25) is 0 Å². The van der Waals surface area contributed by atoms with Crippen molar-refractivity contribution >= 4 is 12.0 Å². The van der Waals surface area contributed by atoms with Crippen LogP contribution in [0.15, 0.2) is 30.3 Å². The van der Waals surface area contributed by atoms with Crippen LogP contribution in [0.25, 0.3) is 6.08 Å². The van der Waals surface area contributed by atoms with Gasteiger partial charge in [-0.3, -0.25) is 4.79 Å². The Hall–Kier alpha value is -1.61. The lowest BCUT2D eigenvalue weighted by molar-refractivity contribution is -0.116. The molecule has 1 rings (SSSR count). The fraction of sp³-hybridized carbons (Fsp3) is 0.471. The van der Waals surface area contributed by atoms with Crippen molar-refractivity contribution in [3.8, 4) is 0 Å². The third kappa shape index (κ3) is 6.53. The quantitative estimate of drug-likeness (QED) is 0.594. The lowest BCUT2D eigenvalue weighted by Gasteiger charge is -2.20. The number of hydrogen-bond acceptors (Lipinski definition) is 2. The molecule has 0 unspecified atom stereocenters. The molecule has 0 atom stereocenters. The highest BCUT2D eigenvalue weighted by Crippen LogP contribution is 2.20. The summed E-state index contributed by atoms with van der Waals surface area (Å²) in [4.78, 5) is 11.6. The van der Waals surface area contributed by atoms with Crippen LogP contribution in [-0.4, -0.2) is 24.2 Å². The highest BCUT2D eigenvalue weighted by Gasteiger charge is 2.15. The molecular weight excluding hydrogens is 250 g/mol. The van der Waals surface area contributed by atoms with Crippen molar-refractivity contribution in [1.29, 1.82) is 0 Å². The van der Waals surface area contributed by atoms with E-state index in [9.17, 15) is 4.79 Å². The summed E-state index contributed by atoms with van der Waals surface area (Å²) in [7, 11) is 0. The average molecular weight is 275 g/mol. The molecule has 0 aliphatic carbocycles. The number of carbonyl (C=O) groups is 1. The minimum absolute atomic E-state index is 0.0670. The van der Waals surface area contributed by atoms with Gasteiger partial charge in [-0.2, -0.15) is 0 Å². The summed E-state index contributed by atoms with van der Waals surface area (Å²) >= 11 is 0. The third-order valence-corrected chi connectivity index (χ3v) is 3.26. The van der Waals surface area contributed by atoms with Crippen LogP contribution in [-0.2, 0) is 4.79 Å². The minimum atomic E-state index is -0.0765. The van der Waals surface area contributed by atoms with E-state index in [1.165, 1.54) is 5.56 Å². The number of aryl methyl sites for hydroxylation is 1. The molecule has 3 heteroatoms. The number of amides is 1. The van der Waals surface area contributed by atoms with E-state index in [1.54, 1.807) is 6.08 Å². The first kappa shape index (κ1) is 16.4. The first-order valence-corrected chi connectivity index (χ1v) is 7.06. The summed E-state index contributed by atoms with van der Waals surface area (Å²) in [6, 6.07) is 8.02. The predicted octanol–water partition coefficient (Wildman–Crippen LogP) is 2.92. The standard InChI is InChI=1S/C17H25NO2/c1-14-5-7-15(8-6-14)9-10-16(20)18-12-4-11-17(2,3)13-19/h5-10,19H,4,11-13H2,1-3H3,(H,18,20)/b10-9+. The third-order valence-electron chi connectivity index (χ3n) is 3.26. The first-order valence-electron chi connectivity index (χ1n) is 7.06. The maximum Gasteiger partial charge on any atom is 0.243 e. The molecule has 0 saturated carbocycles. The smallest absolute Gasteiger partial charge is 0.243 e. The van der Waals surface area contributed by atoms with Crippen molar-refractivity contribution < 1.29 is 9.90 Å². The Labute approximate surface area is 121 Å². The fourth-order valence-corrected chi connectivity index (χ4v) is 1.77. The molecule has 110 valence electrons. The fourth-order valence-electron chi connectivity index (χ4n) is 1.77. The Morgan fingerprint density at radius 1 is 1.30 bits per heavy atom. The molecular formula is C17H25NO2. The van der Waals surface area contributed by atoms with E-state index in [0.29, 0.717) is 6.54 Å². The molecule has 0 aromatic heterocycles. The second-order valence-electron chi connectivity index (χ2n) is 5.96. The van der Waals surface area contributed by atoms with E-state index in [-0.39, 0.29) is 17.9 Å². The van der Waals surface area contributed by atoms with Gasteiger partial charge in [-0.25, -0.2) is 0 Å². The minimum Gasteiger partial charge on any atom is -0.396 e. The van der Waals surface area contributed by atoms with E-state index >= 15 is 0 Å². The zero-order valence-electron chi connectivity index (χ0n) is 12.6. The summed E-state index contributed by atoms with van der Waals surface area (Å²) < 4.78 is 0. The number of carbonyl (C=O) groups excluding carboxylic acids is 1. The van der Waals surface area contributed by atoms with E-state index in [1.807, 2.05) is 51.1 Å². The van der Waals surface area contributed by atoms with Gasteiger partial charge in [0.1, 0.15) is 0 Å². The van der Waals surface area contributed by atoms with Crippen molar-refractivity contribution in [2.75, 3.05) is 13.2 Å². The van der Waals surface area contributed by atoms with E-state index < -0.39 is 0 Å². The maximum atomic E-state index is 11.6. The highest BCUT2D eigenvalue weighted by atomic mass is 16.3. The molecule has 2 N–H and O–H groups in total. The molecule has 0 bridgehead atoms. The van der Waals surface area contributed by atoms with Crippen molar-refractivity contribution in [2.45, 2.75) is 33.6 Å².